The number of sulfonamides is 1. The van der Waals surface area contributed by atoms with Gasteiger partial charge in [-0.3, -0.25) is 4.79 Å². The SMILES string of the molecule is CCC(CC)NC(=O)c1ccc(S(=O)(=O)NC)cc1. The molecule has 2 N–H and O–H groups in total. The molecule has 0 fully saturated rings. The van der Waals surface area contributed by atoms with Gasteiger partial charge in [-0.2, -0.15) is 0 Å². The number of amides is 1. The normalized spacial score (nSPS) is 11.6. The van der Waals surface area contributed by atoms with Crippen molar-refractivity contribution in [2.75, 3.05) is 7.05 Å². The maximum absolute atomic E-state index is 11.9. The molecule has 0 saturated heterocycles. The predicted octanol–water partition coefficient (Wildman–Crippen LogP) is 1.51. The summed E-state index contributed by atoms with van der Waals surface area (Å²) < 4.78 is 25.3. The Bertz CT molecular complexity index is 519. The van der Waals surface area contributed by atoms with Crippen LogP contribution in [0.1, 0.15) is 37.0 Å². The number of hydrogen-bond donors (Lipinski definition) is 2. The summed E-state index contributed by atoms with van der Waals surface area (Å²) in [5.41, 5.74) is 0.460. The van der Waals surface area contributed by atoms with Gasteiger partial charge in [-0.1, -0.05) is 13.8 Å². The molecule has 6 heteroatoms. The topological polar surface area (TPSA) is 75.3 Å². The van der Waals surface area contributed by atoms with E-state index in [1.165, 1.54) is 31.3 Å². The van der Waals surface area contributed by atoms with E-state index in [-0.39, 0.29) is 16.8 Å². The second-order valence-corrected chi connectivity index (χ2v) is 6.11. The van der Waals surface area contributed by atoms with Crippen molar-refractivity contribution < 1.29 is 13.2 Å². The molecule has 0 spiro atoms. The van der Waals surface area contributed by atoms with Gasteiger partial charge in [0, 0.05) is 11.6 Å². The second kappa shape index (κ2) is 6.68. The van der Waals surface area contributed by atoms with Gasteiger partial charge >= 0.3 is 0 Å². The zero-order valence-corrected chi connectivity index (χ0v) is 12.3. The molecule has 0 atom stereocenters. The fourth-order valence-corrected chi connectivity index (χ4v) is 2.39. The number of benzene rings is 1. The van der Waals surface area contributed by atoms with Crippen LogP contribution in [0, 0.1) is 0 Å². The Kier molecular flexibility index (Phi) is 5.50. The highest BCUT2D eigenvalue weighted by atomic mass is 32.2. The third-order valence-corrected chi connectivity index (χ3v) is 4.45. The first-order valence-electron chi connectivity index (χ1n) is 6.29. The Morgan fingerprint density at radius 2 is 1.68 bits per heavy atom. The first-order chi connectivity index (χ1) is 8.94. The van der Waals surface area contributed by atoms with Gasteiger partial charge in [0.1, 0.15) is 0 Å². The van der Waals surface area contributed by atoms with Crippen molar-refractivity contribution in [2.24, 2.45) is 0 Å². The van der Waals surface area contributed by atoms with E-state index in [2.05, 4.69) is 10.0 Å². The van der Waals surface area contributed by atoms with Gasteiger partial charge in [-0.05, 0) is 44.2 Å². The van der Waals surface area contributed by atoms with E-state index in [1.807, 2.05) is 13.8 Å². The van der Waals surface area contributed by atoms with E-state index >= 15 is 0 Å². The molecule has 0 saturated carbocycles. The van der Waals surface area contributed by atoms with Gasteiger partial charge in [-0.15, -0.1) is 0 Å². The van der Waals surface area contributed by atoms with Crippen LogP contribution in [0.4, 0.5) is 0 Å². The monoisotopic (exact) mass is 284 g/mol. The molecule has 106 valence electrons. The van der Waals surface area contributed by atoms with Gasteiger partial charge in [-0.25, -0.2) is 13.1 Å². The van der Waals surface area contributed by atoms with Gasteiger partial charge in [0.25, 0.3) is 5.91 Å². The van der Waals surface area contributed by atoms with E-state index in [1.54, 1.807) is 0 Å². The van der Waals surface area contributed by atoms with Crippen LogP contribution < -0.4 is 10.0 Å². The van der Waals surface area contributed by atoms with Crippen LogP contribution in [0.2, 0.25) is 0 Å². The molecule has 19 heavy (non-hydrogen) atoms. The number of carbonyl (C=O) groups is 1. The molecule has 0 aliphatic rings. The third-order valence-electron chi connectivity index (χ3n) is 3.02. The van der Waals surface area contributed by atoms with E-state index in [9.17, 15) is 13.2 Å². The average molecular weight is 284 g/mol. The largest absolute Gasteiger partial charge is 0.349 e. The molecule has 1 aromatic carbocycles. The molecule has 1 rings (SSSR count). The van der Waals surface area contributed by atoms with Crippen molar-refractivity contribution in [3.8, 4) is 0 Å². The molecular formula is C13H20N2O3S. The second-order valence-electron chi connectivity index (χ2n) is 4.22. The summed E-state index contributed by atoms with van der Waals surface area (Å²) in [6.45, 7) is 4.02. The average Bonchev–Trinajstić information content (AvgIpc) is 2.44. The zero-order chi connectivity index (χ0) is 14.5. The van der Waals surface area contributed by atoms with Gasteiger partial charge in [0.15, 0.2) is 0 Å². The molecule has 0 aromatic heterocycles. The first-order valence-corrected chi connectivity index (χ1v) is 7.77. The molecule has 0 heterocycles. The fraction of sp³-hybridized carbons (Fsp3) is 0.462. The standard InChI is InChI=1S/C13H20N2O3S/c1-4-11(5-2)15-13(16)10-6-8-12(9-7-10)19(17,18)14-3/h6-9,11,14H,4-5H2,1-3H3,(H,15,16). The van der Waals surface area contributed by atoms with Crippen LogP contribution in [-0.4, -0.2) is 27.4 Å². The van der Waals surface area contributed by atoms with Gasteiger partial charge in [0.05, 0.1) is 4.90 Å². The molecule has 0 bridgehead atoms. The summed E-state index contributed by atoms with van der Waals surface area (Å²) in [4.78, 5) is 12.1. The summed E-state index contributed by atoms with van der Waals surface area (Å²) >= 11 is 0. The van der Waals surface area contributed by atoms with Crippen LogP contribution in [0.3, 0.4) is 0 Å². The van der Waals surface area contributed by atoms with Gasteiger partial charge < -0.3 is 5.32 Å². The zero-order valence-electron chi connectivity index (χ0n) is 11.4. The summed E-state index contributed by atoms with van der Waals surface area (Å²) in [6, 6.07) is 6.03. The van der Waals surface area contributed by atoms with Crippen LogP contribution in [0.15, 0.2) is 29.2 Å². The van der Waals surface area contributed by atoms with Gasteiger partial charge in [0.2, 0.25) is 10.0 Å². The summed E-state index contributed by atoms with van der Waals surface area (Å²) in [5, 5.41) is 2.90. The highest BCUT2D eigenvalue weighted by Crippen LogP contribution is 2.10. The maximum atomic E-state index is 11.9. The van der Waals surface area contributed by atoms with E-state index < -0.39 is 10.0 Å². The molecule has 0 aliphatic heterocycles. The number of nitrogens with one attached hydrogen (secondary N) is 2. The minimum absolute atomic E-state index is 0.146. The Morgan fingerprint density at radius 3 is 2.11 bits per heavy atom. The van der Waals surface area contributed by atoms with Crippen molar-refractivity contribution in [2.45, 2.75) is 37.6 Å². The smallest absolute Gasteiger partial charge is 0.251 e. The van der Waals surface area contributed by atoms with E-state index in [4.69, 9.17) is 0 Å². The summed E-state index contributed by atoms with van der Waals surface area (Å²) in [7, 11) is -2.10. The molecule has 1 aromatic rings. The lowest BCUT2D eigenvalue weighted by Crippen LogP contribution is -2.33. The van der Waals surface area contributed by atoms with Crippen LogP contribution in [0.25, 0.3) is 0 Å². The lowest BCUT2D eigenvalue weighted by atomic mass is 10.1. The molecule has 0 unspecified atom stereocenters. The quantitative estimate of drug-likeness (QED) is 0.831. The van der Waals surface area contributed by atoms with Crippen molar-refractivity contribution in [1.82, 2.24) is 10.0 Å². The Balaban J connectivity index is 2.85. The number of carbonyl (C=O) groups excluding carboxylic acids is 1. The van der Waals surface area contributed by atoms with Crippen molar-refractivity contribution in [1.29, 1.82) is 0 Å². The van der Waals surface area contributed by atoms with Crippen LogP contribution >= 0.6 is 0 Å². The van der Waals surface area contributed by atoms with E-state index in [0.717, 1.165) is 12.8 Å². The van der Waals surface area contributed by atoms with E-state index in [0.29, 0.717) is 5.56 Å². The highest BCUT2D eigenvalue weighted by molar-refractivity contribution is 7.89. The minimum atomic E-state index is -3.45. The number of rotatable bonds is 6. The lowest BCUT2D eigenvalue weighted by molar-refractivity contribution is 0.0934. The van der Waals surface area contributed by atoms with Crippen molar-refractivity contribution in [3.63, 3.8) is 0 Å². The molecule has 0 radical (unpaired) electrons. The number of hydrogen-bond acceptors (Lipinski definition) is 3. The molecular weight excluding hydrogens is 264 g/mol. The molecule has 1 amide bonds. The third kappa shape index (κ3) is 4.04. The predicted molar refractivity (Wildman–Crippen MR) is 74.5 cm³/mol. The van der Waals surface area contributed by atoms with Crippen LogP contribution in [-0.2, 0) is 10.0 Å². The highest BCUT2D eigenvalue weighted by Gasteiger charge is 2.14. The Labute approximate surface area is 114 Å². The Hall–Kier alpha value is -1.40. The van der Waals surface area contributed by atoms with Crippen molar-refractivity contribution in [3.05, 3.63) is 29.8 Å². The molecule has 0 aliphatic carbocycles. The Morgan fingerprint density at radius 1 is 1.16 bits per heavy atom. The first kappa shape index (κ1) is 15.7. The minimum Gasteiger partial charge on any atom is -0.349 e. The lowest BCUT2D eigenvalue weighted by Gasteiger charge is -2.14. The maximum Gasteiger partial charge on any atom is 0.251 e. The summed E-state index contributed by atoms with van der Waals surface area (Å²) in [5.74, 6) is -0.179. The molecule has 5 nitrogen and oxygen atoms in total. The van der Waals surface area contributed by atoms with Crippen molar-refractivity contribution >= 4 is 15.9 Å². The summed E-state index contributed by atoms with van der Waals surface area (Å²) in [6.07, 6.45) is 1.74. The fourth-order valence-electron chi connectivity index (χ4n) is 1.66. The van der Waals surface area contributed by atoms with Crippen LogP contribution in [0.5, 0.6) is 0 Å².